The Hall–Kier alpha value is -2.13. The summed E-state index contributed by atoms with van der Waals surface area (Å²) in [6.07, 6.45) is 11.0. The summed E-state index contributed by atoms with van der Waals surface area (Å²) in [7, 11) is 0. The molecule has 1 aliphatic rings. The minimum atomic E-state index is -0.203. The van der Waals surface area contributed by atoms with E-state index in [-0.39, 0.29) is 17.2 Å². The van der Waals surface area contributed by atoms with Crippen molar-refractivity contribution >= 4 is 23.2 Å². The van der Waals surface area contributed by atoms with Crippen LogP contribution >= 0.6 is 11.6 Å². The fraction of sp³-hybridized carbons (Fsp3) is 0.576. The topological polar surface area (TPSA) is 46.2 Å². The average Bonchev–Trinajstić information content (AvgIpc) is 3.17. The molecule has 0 saturated carbocycles. The minimum Gasteiger partial charge on any atom is -0.379 e. The van der Waals surface area contributed by atoms with Crippen LogP contribution in [-0.2, 0) is 15.1 Å². The summed E-state index contributed by atoms with van der Waals surface area (Å²) in [4.78, 5) is 23.4. The van der Waals surface area contributed by atoms with Crippen molar-refractivity contribution in [3.05, 3.63) is 70.4 Å². The molecule has 1 aromatic rings. The van der Waals surface area contributed by atoms with Crippen molar-refractivity contribution in [2.45, 2.75) is 106 Å². The molecule has 2 unspecified atom stereocenters. The summed E-state index contributed by atoms with van der Waals surface area (Å²) in [5.74, 6) is 1.58. The van der Waals surface area contributed by atoms with E-state index in [2.05, 4.69) is 72.5 Å². The van der Waals surface area contributed by atoms with Crippen LogP contribution in [0.1, 0.15) is 106 Å². The molecule has 0 saturated heterocycles. The molecule has 2 rings (SSSR count). The van der Waals surface area contributed by atoms with Gasteiger partial charge in [0.2, 0.25) is 0 Å². The predicted octanol–water partition coefficient (Wildman–Crippen LogP) is 9.37. The molecule has 206 valence electrons. The first kappa shape index (κ1) is 32.9. The predicted molar refractivity (Wildman–Crippen MR) is 160 cm³/mol. The summed E-state index contributed by atoms with van der Waals surface area (Å²) >= 11 is 6.06. The Morgan fingerprint density at radius 2 is 1.76 bits per heavy atom. The Morgan fingerprint density at radius 3 is 2.24 bits per heavy atom. The van der Waals surface area contributed by atoms with Gasteiger partial charge in [0, 0.05) is 35.1 Å². The fourth-order valence-corrected chi connectivity index (χ4v) is 4.70. The number of hydrogen-bond acceptors (Lipinski definition) is 3. The first-order valence-electron chi connectivity index (χ1n) is 14.0. The zero-order chi connectivity index (χ0) is 28.2. The quantitative estimate of drug-likeness (QED) is 0.205. The number of carbonyl (C=O) groups is 2. The fourth-order valence-electron chi connectivity index (χ4n) is 4.57. The van der Waals surface area contributed by atoms with Crippen molar-refractivity contribution in [1.29, 1.82) is 0 Å². The van der Waals surface area contributed by atoms with Crippen LogP contribution in [-0.4, -0.2) is 11.6 Å². The Bertz CT molecular complexity index is 959. The lowest BCUT2D eigenvalue weighted by atomic mass is 9.82. The van der Waals surface area contributed by atoms with Crippen LogP contribution in [0.15, 0.2) is 59.8 Å². The molecule has 1 N–H and O–H groups in total. The largest absolute Gasteiger partial charge is 0.379 e. The van der Waals surface area contributed by atoms with E-state index in [0.717, 1.165) is 54.0 Å². The van der Waals surface area contributed by atoms with Crippen molar-refractivity contribution in [3.63, 3.8) is 0 Å². The van der Waals surface area contributed by atoms with Gasteiger partial charge in [-0.15, -0.1) is 0 Å². The van der Waals surface area contributed by atoms with Gasteiger partial charge in [0.1, 0.15) is 5.78 Å². The van der Waals surface area contributed by atoms with Gasteiger partial charge in [0.25, 0.3) is 0 Å². The van der Waals surface area contributed by atoms with Crippen LogP contribution in [0, 0.1) is 17.8 Å². The standard InChI is InChI=1S/C27H38ClNO.C6H12O/c1-8-18(3)10-11-19(4)20(5)26(30)22(9-2)16-23-17-27(7,29-21(23)6)24-12-14-25(28)15-13-24;1-3-4-5-6(2)7/h9,12-16,18-20,29H,2,8,10-11,17H2,1,3-7H3;3-5H2,1-2H3/b22-16+;/t18-,19?,20?,27-;/m1./s1. The second-order valence-electron chi connectivity index (χ2n) is 11.1. The number of halogens is 1. The number of ketones is 2. The van der Waals surface area contributed by atoms with Gasteiger partial charge in [-0.2, -0.15) is 0 Å². The van der Waals surface area contributed by atoms with Gasteiger partial charge in [-0.1, -0.05) is 90.3 Å². The maximum atomic E-state index is 13.2. The number of carbonyl (C=O) groups excluding carboxylic acids is 2. The molecule has 0 aliphatic carbocycles. The summed E-state index contributed by atoms with van der Waals surface area (Å²) in [5.41, 5.74) is 3.97. The highest BCUT2D eigenvalue weighted by molar-refractivity contribution is 6.30. The van der Waals surface area contributed by atoms with Gasteiger partial charge < -0.3 is 10.1 Å². The van der Waals surface area contributed by atoms with E-state index in [1.54, 1.807) is 13.0 Å². The minimum absolute atomic E-state index is 0.00350. The number of allylic oxidation sites excluding steroid dienone is 4. The number of nitrogens with one attached hydrogen (secondary N) is 1. The molecule has 37 heavy (non-hydrogen) atoms. The highest BCUT2D eigenvalue weighted by Crippen LogP contribution is 2.37. The average molecular weight is 528 g/mol. The van der Waals surface area contributed by atoms with Gasteiger partial charge in [-0.05, 0) is 74.8 Å². The van der Waals surface area contributed by atoms with E-state index in [9.17, 15) is 9.59 Å². The molecule has 3 nitrogen and oxygen atoms in total. The molecule has 1 heterocycles. The zero-order valence-corrected chi connectivity index (χ0v) is 25.3. The summed E-state index contributed by atoms with van der Waals surface area (Å²) < 4.78 is 0. The van der Waals surface area contributed by atoms with Crippen LogP contribution in [0.25, 0.3) is 0 Å². The van der Waals surface area contributed by atoms with Crippen molar-refractivity contribution in [3.8, 4) is 0 Å². The SMILES string of the molecule is C=C/C(=C\C1=C(C)N[C@@](C)(c2ccc(Cl)cc2)C1)C(=O)C(C)C(C)CC[C@H](C)CC.CCCCC(C)=O. The lowest BCUT2D eigenvalue weighted by Gasteiger charge is -2.27. The lowest BCUT2D eigenvalue weighted by molar-refractivity contribution is -0.120. The van der Waals surface area contributed by atoms with E-state index in [0.29, 0.717) is 17.6 Å². The second kappa shape index (κ2) is 16.0. The van der Waals surface area contributed by atoms with Crippen LogP contribution < -0.4 is 5.32 Å². The Labute approximate surface area is 231 Å². The number of unbranched alkanes of at least 4 members (excludes halogenated alkanes) is 1. The third kappa shape index (κ3) is 10.6. The normalized spacial score (nSPS) is 19.9. The van der Waals surface area contributed by atoms with Crippen molar-refractivity contribution < 1.29 is 9.59 Å². The number of hydrogen-bond donors (Lipinski definition) is 1. The Morgan fingerprint density at radius 1 is 1.14 bits per heavy atom. The molecule has 4 heteroatoms. The van der Waals surface area contributed by atoms with E-state index in [4.69, 9.17) is 11.6 Å². The molecular weight excluding hydrogens is 478 g/mol. The maximum absolute atomic E-state index is 13.2. The molecule has 0 bridgehead atoms. The van der Waals surface area contributed by atoms with Crippen molar-refractivity contribution in [2.24, 2.45) is 17.8 Å². The molecule has 0 radical (unpaired) electrons. The zero-order valence-electron chi connectivity index (χ0n) is 24.5. The first-order chi connectivity index (χ1) is 17.4. The van der Waals surface area contributed by atoms with E-state index in [1.165, 1.54) is 18.4 Å². The maximum Gasteiger partial charge on any atom is 0.165 e. The molecule has 1 aliphatic heterocycles. The summed E-state index contributed by atoms with van der Waals surface area (Å²) in [6.45, 7) is 20.7. The Kier molecular flexibility index (Phi) is 14.2. The van der Waals surface area contributed by atoms with Crippen LogP contribution in [0.5, 0.6) is 0 Å². The molecule has 0 aromatic heterocycles. The second-order valence-corrected chi connectivity index (χ2v) is 11.6. The monoisotopic (exact) mass is 527 g/mol. The third-order valence-electron chi connectivity index (χ3n) is 7.77. The first-order valence-corrected chi connectivity index (χ1v) is 14.4. The lowest BCUT2D eigenvalue weighted by Crippen LogP contribution is -2.33. The van der Waals surface area contributed by atoms with Gasteiger partial charge in [-0.3, -0.25) is 4.79 Å². The molecule has 0 fully saturated rings. The van der Waals surface area contributed by atoms with Crippen LogP contribution in [0.3, 0.4) is 0 Å². The van der Waals surface area contributed by atoms with Crippen LogP contribution in [0.4, 0.5) is 0 Å². The smallest absolute Gasteiger partial charge is 0.165 e. The van der Waals surface area contributed by atoms with Gasteiger partial charge >= 0.3 is 0 Å². The van der Waals surface area contributed by atoms with Gasteiger partial charge in [-0.25, -0.2) is 0 Å². The molecule has 0 amide bonds. The van der Waals surface area contributed by atoms with Crippen LogP contribution in [0.2, 0.25) is 5.02 Å². The van der Waals surface area contributed by atoms with Gasteiger partial charge in [0.05, 0.1) is 5.54 Å². The van der Waals surface area contributed by atoms with E-state index >= 15 is 0 Å². The molecular formula is C33H50ClNO2. The highest BCUT2D eigenvalue weighted by Gasteiger charge is 2.34. The van der Waals surface area contributed by atoms with Crippen molar-refractivity contribution in [2.75, 3.05) is 0 Å². The van der Waals surface area contributed by atoms with Crippen molar-refractivity contribution in [1.82, 2.24) is 5.32 Å². The number of benzene rings is 1. The molecule has 4 atom stereocenters. The van der Waals surface area contributed by atoms with E-state index in [1.807, 2.05) is 18.2 Å². The summed E-state index contributed by atoms with van der Waals surface area (Å²) in [5, 5.41) is 4.36. The highest BCUT2D eigenvalue weighted by atomic mass is 35.5. The third-order valence-corrected chi connectivity index (χ3v) is 8.02. The molecule has 0 spiro atoms. The van der Waals surface area contributed by atoms with Gasteiger partial charge in [0.15, 0.2) is 5.78 Å². The number of rotatable bonds is 13. The number of Topliss-reactive ketones (excluding diaryl/α,β-unsaturated/α-hetero) is 2. The molecule has 1 aromatic carbocycles. The summed E-state index contributed by atoms with van der Waals surface area (Å²) in [6, 6.07) is 7.98. The van der Waals surface area contributed by atoms with E-state index < -0.39 is 0 Å². The Balaban J connectivity index is 0.000000856.